The summed E-state index contributed by atoms with van der Waals surface area (Å²) in [5.74, 6) is 0.753. The van der Waals surface area contributed by atoms with Crippen LogP contribution in [0.3, 0.4) is 0 Å². The first-order valence-corrected chi connectivity index (χ1v) is 11.4. The van der Waals surface area contributed by atoms with Crippen molar-refractivity contribution in [3.63, 3.8) is 0 Å². The van der Waals surface area contributed by atoms with E-state index in [0.29, 0.717) is 24.3 Å². The van der Waals surface area contributed by atoms with E-state index in [9.17, 15) is 4.79 Å². The Morgan fingerprint density at radius 2 is 2.06 bits per heavy atom. The van der Waals surface area contributed by atoms with Crippen LogP contribution in [-0.2, 0) is 17.8 Å². The van der Waals surface area contributed by atoms with Crippen molar-refractivity contribution in [1.82, 2.24) is 24.6 Å². The highest BCUT2D eigenvalue weighted by Gasteiger charge is 2.23. The van der Waals surface area contributed by atoms with Gasteiger partial charge in [0.15, 0.2) is 0 Å². The topological polar surface area (TPSA) is 90.6 Å². The van der Waals surface area contributed by atoms with Gasteiger partial charge in [0.05, 0.1) is 35.2 Å². The fraction of sp³-hybridized carbons (Fsp3) is 0.308. The largest absolute Gasteiger partial charge is 0.346 e. The number of H-pyrrole nitrogens is 1. The molecule has 7 nitrogen and oxygen atoms in total. The number of nitrogens with zero attached hydrogens (tertiary/aromatic N) is 5. The number of benzene rings is 1. The summed E-state index contributed by atoms with van der Waals surface area (Å²) in [6.45, 7) is 2.56. The van der Waals surface area contributed by atoms with Gasteiger partial charge in [-0.1, -0.05) is 12.1 Å². The number of hydrogen-bond acceptors (Lipinski definition) is 4. The lowest BCUT2D eigenvalue weighted by Crippen LogP contribution is -2.39. The first kappa shape index (κ1) is 21.0. The zero-order valence-corrected chi connectivity index (χ0v) is 18.4. The number of likely N-dealkylation sites (tertiary alicyclic amines) is 1. The van der Waals surface area contributed by atoms with Crippen LogP contribution in [0.25, 0.3) is 22.2 Å². The highest BCUT2D eigenvalue weighted by molar-refractivity contribution is 5.83. The number of nitrogens with one attached hydrogen (secondary N) is 1. The second-order valence-corrected chi connectivity index (χ2v) is 8.72. The summed E-state index contributed by atoms with van der Waals surface area (Å²) in [4.78, 5) is 19.3. The molecule has 4 heterocycles. The molecular weight excluding hydrogens is 412 g/mol. The molecule has 1 N–H and O–H groups in total. The van der Waals surface area contributed by atoms with Crippen LogP contribution in [0, 0.1) is 17.2 Å². The molecule has 33 heavy (non-hydrogen) atoms. The Hall–Kier alpha value is -3.92. The smallest absolute Gasteiger partial charge is 0.222 e. The number of amides is 1. The predicted octanol–water partition coefficient (Wildman–Crippen LogP) is 4.17. The molecule has 166 valence electrons. The lowest BCUT2D eigenvalue weighted by atomic mass is 9.96. The van der Waals surface area contributed by atoms with Crippen LogP contribution in [0.15, 0.2) is 61.2 Å². The fourth-order valence-electron chi connectivity index (χ4n) is 4.64. The number of fused-ring (bicyclic) bond motifs is 1. The number of aromatic nitrogens is 4. The minimum absolute atomic E-state index is 0.207. The van der Waals surface area contributed by atoms with Crippen molar-refractivity contribution in [1.29, 1.82) is 5.26 Å². The summed E-state index contributed by atoms with van der Waals surface area (Å²) >= 11 is 0. The highest BCUT2D eigenvalue weighted by Crippen LogP contribution is 2.25. The Morgan fingerprint density at radius 3 is 2.85 bits per heavy atom. The van der Waals surface area contributed by atoms with E-state index in [1.165, 1.54) is 5.39 Å². The molecule has 5 rings (SSSR count). The van der Waals surface area contributed by atoms with Gasteiger partial charge in [-0.05, 0) is 55.0 Å². The average molecular weight is 439 g/mol. The van der Waals surface area contributed by atoms with Gasteiger partial charge in [-0.15, -0.1) is 0 Å². The number of carbonyl (C=O) groups is 1. The summed E-state index contributed by atoms with van der Waals surface area (Å²) in [5, 5.41) is 17.0. The molecule has 1 aliphatic rings. The second-order valence-electron chi connectivity index (χ2n) is 8.72. The van der Waals surface area contributed by atoms with E-state index in [0.717, 1.165) is 54.8 Å². The Kier molecular flexibility index (Phi) is 5.90. The molecule has 0 atom stereocenters. The number of pyridine rings is 1. The number of carbonyl (C=O) groups excluding carboxylic acids is 1. The molecule has 0 aliphatic carbocycles. The zero-order valence-electron chi connectivity index (χ0n) is 18.4. The van der Waals surface area contributed by atoms with Crippen LogP contribution >= 0.6 is 0 Å². The van der Waals surface area contributed by atoms with E-state index in [4.69, 9.17) is 5.26 Å². The van der Waals surface area contributed by atoms with Crippen LogP contribution in [0.5, 0.6) is 0 Å². The molecule has 4 aromatic rings. The van der Waals surface area contributed by atoms with Crippen LogP contribution in [0.4, 0.5) is 0 Å². The molecule has 1 aliphatic heterocycles. The van der Waals surface area contributed by atoms with Gasteiger partial charge in [0.1, 0.15) is 0 Å². The average Bonchev–Trinajstić information content (AvgIpc) is 3.53. The summed E-state index contributed by atoms with van der Waals surface area (Å²) in [6.07, 6.45) is 10.9. The van der Waals surface area contributed by atoms with Crippen LogP contribution in [0.1, 0.15) is 30.4 Å². The van der Waals surface area contributed by atoms with E-state index in [1.807, 2.05) is 35.5 Å². The molecule has 0 bridgehead atoms. The van der Waals surface area contributed by atoms with E-state index in [2.05, 4.69) is 44.1 Å². The van der Waals surface area contributed by atoms with Gasteiger partial charge in [-0.25, -0.2) is 0 Å². The number of rotatable bonds is 6. The predicted molar refractivity (Wildman–Crippen MR) is 126 cm³/mol. The van der Waals surface area contributed by atoms with Crippen molar-refractivity contribution < 1.29 is 4.79 Å². The third kappa shape index (κ3) is 4.65. The van der Waals surface area contributed by atoms with Gasteiger partial charge < -0.3 is 9.47 Å². The Balaban J connectivity index is 1.15. The molecule has 1 amide bonds. The van der Waals surface area contributed by atoms with Crippen LogP contribution in [-0.4, -0.2) is 43.6 Å². The van der Waals surface area contributed by atoms with E-state index in [1.54, 1.807) is 12.3 Å². The number of aryl methyl sites for hydroxylation is 1. The maximum Gasteiger partial charge on any atom is 0.222 e. The first-order chi connectivity index (χ1) is 16.2. The van der Waals surface area contributed by atoms with Gasteiger partial charge in [-0.2, -0.15) is 10.4 Å². The zero-order chi connectivity index (χ0) is 22.6. The lowest BCUT2D eigenvalue weighted by molar-refractivity contribution is -0.132. The second kappa shape index (κ2) is 9.29. The molecule has 0 saturated carbocycles. The maximum atomic E-state index is 12.7. The van der Waals surface area contributed by atoms with Gasteiger partial charge in [0.2, 0.25) is 5.91 Å². The minimum Gasteiger partial charge on any atom is -0.346 e. The Morgan fingerprint density at radius 1 is 1.18 bits per heavy atom. The Bertz CT molecular complexity index is 1290. The first-order valence-electron chi connectivity index (χ1n) is 11.4. The SMILES string of the molecule is N#Cc1cccc(CCC(=O)N2CCC(Cn3ccc4cc(-c5cn[nH]c5)ncc43)CC2)c1. The van der Waals surface area contributed by atoms with Gasteiger partial charge in [0.25, 0.3) is 0 Å². The van der Waals surface area contributed by atoms with Crippen molar-refractivity contribution in [3.05, 3.63) is 72.3 Å². The van der Waals surface area contributed by atoms with E-state index < -0.39 is 0 Å². The molecule has 7 heteroatoms. The number of hydrogen-bond donors (Lipinski definition) is 1. The van der Waals surface area contributed by atoms with Gasteiger partial charge in [0, 0.05) is 49.4 Å². The Labute approximate surface area is 192 Å². The van der Waals surface area contributed by atoms with Crippen molar-refractivity contribution >= 4 is 16.8 Å². The number of piperidine rings is 1. The monoisotopic (exact) mass is 438 g/mol. The number of nitriles is 1. The molecule has 0 spiro atoms. The number of aromatic amines is 1. The maximum absolute atomic E-state index is 12.7. The van der Waals surface area contributed by atoms with Crippen molar-refractivity contribution in [2.45, 2.75) is 32.2 Å². The molecule has 1 aromatic carbocycles. The third-order valence-electron chi connectivity index (χ3n) is 6.56. The third-order valence-corrected chi connectivity index (χ3v) is 6.56. The molecule has 0 unspecified atom stereocenters. The minimum atomic E-state index is 0.207. The van der Waals surface area contributed by atoms with Crippen molar-refractivity contribution in [2.24, 2.45) is 5.92 Å². The molecular formula is C26H26N6O. The van der Waals surface area contributed by atoms with Gasteiger partial charge in [-0.3, -0.25) is 14.9 Å². The van der Waals surface area contributed by atoms with E-state index in [-0.39, 0.29) is 5.91 Å². The van der Waals surface area contributed by atoms with E-state index >= 15 is 0 Å². The summed E-state index contributed by atoms with van der Waals surface area (Å²) in [7, 11) is 0. The standard InChI is InChI=1S/C26H26N6O/c27-14-21-3-1-2-19(12-21)4-5-26(33)31-9-6-20(7-10-31)18-32-11-8-22-13-24(28-17-25(22)32)23-15-29-30-16-23/h1-3,8,11-13,15-17,20H,4-7,9-10,18H2,(H,29,30). The fourth-order valence-corrected chi connectivity index (χ4v) is 4.64. The van der Waals surface area contributed by atoms with Crippen molar-refractivity contribution in [3.8, 4) is 17.3 Å². The quantitative estimate of drug-likeness (QED) is 0.489. The molecule has 1 fully saturated rings. The van der Waals surface area contributed by atoms with Crippen LogP contribution < -0.4 is 0 Å². The van der Waals surface area contributed by atoms with Gasteiger partial charge >= 0.3 is 0 Å². The van der Waals surface area contributed by atoms with Crippen molar-refractivity contribution in [2.75, 3.05) is 13.1 Å². The normalized spacial score (nSPS) is 14.5. The lowest BCUT2D eigenvalue weighted by Gasteiger charge is -2.32. The summed E-state index contributed by atoms with van der Waals surface area (Å²) in [6, 6.07) is 13.9. The molecule has 3 aromatic heterocycles. The summed E-state index contributed by atoms with van der Waals surface area (Å²) < 4.78 is 2.28. The molecule has 0 radical (unpaired) electrons. The summed E-state index contributed by atoms with van der Waals surface area (Å²) in [5.41, 5.74) is 4.73. The van der Waals surface area contributed by atoms with Crippen LogP contribution in [0.2, 0.25) is 0 Å². The molecule has 1 saturated heterocycles. The highest BCUT2D eigenvalue weighted by atomic mass is 16.2.